The quantitative estimate of drug-likeness (QED) is 0.830. The summed E-state index contributed by atoms with van der Waals surface area (Å²) in [4.78, 5) is 14.0. The van der Waals surface area contributed by atoms with E-state index in [0.29, 0.717) is 13.0 Å². The fraction of sp³-hybridized carbons (Fsp3) is 0.438. The van der Waals surface area contributed by atoms with E-state index >= 15 is 0 Å². The molecule has 1 N–H and O–H groups in total. The standard InChI is InChI=1S/C16H22N2O2/c1-13(2)12-20-15-5-3-14(4-6-15)11-16(19)18-9-7-17-8-10-18/h3-6,17H,1,7-12H2,2H3. The van der Waals surface area contributed by atoms with Gasteiger partial charge in [0.15, 0.2) is 0 Å². The zero-order chi connectivity index (χ0) is 14.4. The van der Waals surface area contributed by atoms with E-state index in [-0.39, 0.29) is 5.91 Å². The molecule has 1 amide bonds. The molecule has 0 aliphatic carbocycles. The minimum Gasteiger partial charge on any atom is -0.489 e. The van der Waals surface area contributed by atoms with Gasteiger partial charge in [-0.2, -0.15) is 0 Å². The molecule has 1 aromatic carbocycles. The molecule has 2 rings (SSSR count). The summed E-state index contributed by atoms with van der Waals surface area (Å²) >= 11 is 0. The predicted octanol–water partition coefficient (Wildman–Crippen LogP) is 1.62. The molecule has 0 aromatic heterocycles. The van der Waals surface area contributed by atoms with Crippen molar-refractivity contribution >= 4 is 5.91 Å². The Morgan fingerprint density at radius 1 is 1.30 bits per heavy atom. The minimum atomic E-state index is 0.196. The Morgan fingerprint density at radius 3 is 2.55 bits per heavy atom. The van der Waals surface area contributed by atoms with E-state index in [1.54, 1.807) is 0 Å². The van der Waals surface area contributed by atoms with Crippen LogP contribution >= 0.6 is 0 Å². The summed E-state index contributed by atoms with van der Waals surface area (Å²) in [5.74, 6) is 1.01. The van der Waals surface area contributed by atoms with Crippen molar-refractivity contribution in [2.45, 2.75) is 13.3 Å². The average molecular weight is 274 g/mol. The van der Waals surface area contributed by atoms with Crippen molar-refractivity contribution in [3.8, 4) is 5.75 Å². The highest BCUT2D eigenvalue weighted by Crippen LogP contribution is 2.14. The largest absolute Gasteiger partial charge is 0.489 e. The second-order valence-corrected chi connectivity index (χ2v) is 5.20. The number of hydrogen-bond acceptors (Lipinski definition) is 3. The fourth-order valence-electron chi connectivity index (χ4n) is 2.11. The van der Waals surface area contributed by atoms with E-state index in [1.807, 2.05) is 36.1 Å². The van der Waals surface area contributed by atoms with Crippen LogP contribution in [0.15, 0.2) is 36.4 Å². The normalized spacial score (nSPS) is 14.9. The Labute approximate surface area is 120 Å². The number of nitrogens with zero attached hydrogens (tertiary/aromatic N) is 1. The zero-order valence-corrected chi connectivity index (χ0v) is 12.0. The molecule has 0 atom stereocenters. The van der Waals surface area contributed by atoms with Crippen LogP contribution in [0.3, 0.4) is 0 Å². The molecule has 1 aromatic rings. The van der Waals surface area contributed by atoms with Crippen LogP contribution in [-0.2, 0) is 11.2 Å². The maximum absolute atomic E-state index is 12.1. The van der Waals surface area contributed by atoms with Crippen LogP contribution in [0.5, 0.6) is 5.75 Å². The lowest BCUT2D eigenvalue weighted by Gasteiger charge is -2.27. The molecule has 1 fully saturated rings. The number of benzene rings is 1. The van der Waals surface area contributed by atoms with Gasteiger partial charge in [0.05, 0.1) is 6.42 Å². The third-order valence-corrected chi connectivity index (χ3v) is 3.23. The summed E-state index contributed by atoms with van der Waals surface area (Å²) in [6, 6.07) is 7.72. The Morgan fingerprint density at radius 2 is 1.95 bits per heavy atom. The molecular formula is C16H22N2O2. The number of rotatable bonds is 5. The highest BCUT2D eigenvalue weighted by molar-refractivity contribution is 5.78. The third kappa shape index (κ3) is 4.38. The van der Waals surface area contributed by atoms with E-state index in [2.05, 4.69) is 11.9 Å². The van der Waals surface area contributed by atoms with Gasteiger partial charge in [0.25, 0.3) is 0 Å². The van der Waals surface area contributed by atoms with Gasteiger partial charge in [-0.15, -0.1) is 0 Å². The summed E-state index contributed by atoms with van der Waals surface area (Å²) in [7, 11) is 0. The van der Waals surface area contributed by atoms with E-state index in [0.717, 1.165) is 43.1 Å². The second-order valence-electron chi connectivity index (χ2n) is 5.20. The minimum absolute atomic E-state index is 0.196. The third-order valence-electron chi connectivity index (χ3n) is 3.23. The second kappa shape index (κ2) is 7.10. The van der Waals surface area contributed by atoms with Gasteiger partial charge in [0.1, 0.15) is 12.4 Å². The molecule has 108 valence electrons. The average Bonchev–Trinajstić information content (AvgIpc) is 2.47. The van der Waals surface area contributed by atoms with Gasteiger partial charge < -0.3 is 15.0 Å². The Bertz CT molecular complexity index is 462. The molecule has 4 heteroatoms. The van der Waals surface area contributed by atoms with Crippen molar-refractivity contribution in [3.63, 3.8) is 0 Å². The number of nitrogens with one attached hydrogen (secondary N) is 1. The molecule has 1 saturated heterocycles. The first-order valence-corrected chi connectivity index (χ1v) is 7.00. The summed E-state index contributed by atoms with van der Waals surface area (Å²) < 4.78 is 5.54. The van der Waals surface area contributed by atoms with E-state index in [4.69, 9.17) is 4.74 Å². The van der Waals surface area contributed by atoms with Crippen LogP contribution < -0.4 is 10.1 Å². The van der Waals surface area contributed by atoms with Crippen LogP contribution in [-0.4, -0.2) is 43.6 Å². The molecule has 4 nitrogen and oxygen atoms in total. The van der Waals surface area contributed by atoms with E-state index in [9.17, 15) is 4.79 Å². The van der Waals surface area contributed by atoms with Gasteiger partial charge in [0.2, 0.25) is 5.91 Å². The number of piperazine rings is 1. The van der Waals surface area contributed by atoms with Crippen molar-refractivity contribution in [3.05, 3.63) is 42.0 Å². The summed E-state index contributed by atoms with van der Waals surface area (Å²) in [6.45, 7) is 9.64. The van der Waals surface area contributed by atoms with Crippen molar-refractivity contribution < 1.29 is 9.53 Å². The van der Waals surface area contributed by atoms with E-state index < -0.39 is 0 Å². The smallest absolute Gasteiger partial charge is 0.227 e. The highest BCUT2D eigenvalue weighted by Gasteiger charge is 2.16. The van der Waals surface area contributed by atoms with Gasteiger partial charge in [-0.25, -0.2) is 0 Å². The number of carbonyl (C=O) groups excluding carboxylic acids is 1. The monoisotopic (exact) mass is 274 g/mol. The van der Waals surface area contributed by atoms with Crippen molar-refractivity contribution in [1.29, 1.82) is 0 Å². The van der Waals surface area contributed by atoms with E-state index in [1.165, 1.54) is 0 Å². The van der Waals surface area contributed by atoms with Crippen molar-refractivity contribution in [2.75, 3.05) is 32.8 Å². The number of carbonyl (C=O) groups is 1. The lowest BCUT2D eigenvalue weighted by atomic mass is 10.1. The maximum atomic E-state index is 12.1. The summed E-state index contributed by atoms with van der Waals surface area (Å²) in [6.07, 6.45) is 0.459. The SMILES string of the molecule is C=C(C)COc1ccc(CC(=O)N2CCNCC2)cc1. The van der Waals surface area contributed by atoms with Crippen LogP contribution in [0.4, 0.5) is 0 Å². The van der Waals surface area contributed by atoms with Gasteiger partial charge in [-0.05, 0) is 30.2 Å². The number of ether oxygens (including phenoxy) is 1. The molecule has 1 aliphatic rings. The van der Waals surface area contributed by atoms with Gasteiger partial charge in [0, 0.05) is 26.2 Å². The van der Waals surface area contributed by atoms with Crippen LogP contribution in [0.2, 0.25) is 0 Å². The lowest BCUT2D eigenvalue weighted by Crippen LogP contribution is -2.46. The van der Waals surface area contributed by atoms with Gasteiger partial charge >= 0.3 is 0 Å². The molecule has 0 bridgehead atoms. The first-order chi connectivity index (χ1) is 9.65. The topological polar surface area (TPSA) is 41.6 Å². The van der Waals surface area contributed by atoms with Gasteiger partial charge in [-0.1, -0.05) is 18.7 Å². The first-order valence-electron chi connectivity index (χ1n) is 7.00. The fourth-order valence-corrected chi connectivity index (χ4v) is 2.11. The highest BCUT2D eigenvalue weighted by atomic mass is 16.5. The first kappa shape index (κ1) is 14.6. The van der Waals surface area contributed by atoms with Crippen molar-refractivity contribution in [1.82, 2.24) is 10.2 Å². The Balaban J connectivity index is 1.86. The predicted molar refractivity (Wildman–Crippen MR) is 79.9 cm³/mol. The molecule has 0 spiro atoms. The summed E-state index contributed by atoms with van der Waals surface area (Å²) in [5, 5.41) is 3.25. The van der Waals surface area contributed by atoms with Crippen LogP contribution in [0.25, 0.3) is 0 Å². The molecule has 0 radical (unpaired) electrons. The van der Waals surface area contributed by atoms with Crippen molar-refractivity contribution in [2.24, 2.45) is 0 Å². The Hall–Kier alpha value is -1.81. The molecule has 1 aliphatic heterocycles. The lowest BCUT2D eigenvalue weighted by molar-refractivity contribution is -0.131. The number of amides is 1. The van der Waals surface area contributed by atoms with Crippen LogP contribution in [0, 0.1) is 0 Å². The maximum Gasteiger partial charge on any atom is 0.227 e. The van der Waals surface area contributed by atoms with Crippen LogP contribution in [0.1, 0.15) is 12.5 Å². The molecular weight excluding hydrogens is 252 g/mol. The Kier molecular flexibility index (Phi) is 5.18. The zero-order valence-electron chi connectivity index (χ0n) is 12.0. The molecule has 0 unspecified atom stereocenters. The molecule has 0 saturated carbocycles. The molecule has 1 heterocycles. The number of hydrogen-bond donors (Lipinski definition) is 1. The molecule has 20 heavy (non-hydrogen) atoms. The summed E-state index contributed by atoms with van der Waals surface area (Å²) in [5.41, 5.74) is 2.01. The van der Waals surface area contributed by atoms with Gasteiger partial charge in [-0.3, -0.25) is 4.79 Å².